The molecular weight excluding hydrogens is 368 g/mol. The van der Waals surface area contributed by atoms with Crippen molar-refractivity contribution in [3.05, 3.63) is 77.6 Å². The lowest BCUT2D eigenvalue weighted by molar-refractivity contribution is -0.122. The fourth-order valence-electron chi connectivity index (χ4n) is 3.37. The number of nitrogens with zero attached hydrogens (tertiary/aromatic N) is 4. The summed E-state index contributed by atoms with van der Waals surface area (Å²) in [6, 6.07) is 19.0. The topological polar surface area (TPSA) is 93.8 Å². The van der Waals surface area contributed by atoms with Crippen molar-refractivity contribution in [2.45, 2.75) is 20.4 Å². The third-order valence-corrected chi connectivity index (χ3v) is 4.72. The molecule has 8 heteroatoms. The van der Waals surface area contributed by atoms with E-state index in [1.54, 1.807) is 6.07 Å². The summed E-state index contributed by atoms with van der Waals surface area (Å²) in [5.74, 6) is -0.775. The number of hydrogen-bond acceptors (Lipinski definition) is 4. The quantitative estimate of drug-likeness (QED) is 0.525. The van der Waals surface area contributed by atoms with Crippen LogP contribution in [0.25, 0.3) is 16.7 Å². The van der Waals surface area contributed by atoms with Crippen molar-refractivity contribution in [3.8, 4) is 5.69 Å². The van der Waals surface area contributed by atoms with Gasteiger partial charge in [-0.15, -0.1) is 5.10 Å². The molecule has 8 nitrogen and oxygen atoms in total. The average molecular weight is 388 g/mol. The highest BCUT2D eigenvalue weighted by Crippen LogP contribution is 2.20. The van der Waals surface area contributed by atoms with Crippen LogP contribution in [0.2, 0.25) is 0 Å². The zero-order valence-electron chi connectivity index (χ0n) is 16.1. The molecule has 0 saturated carbocycles. The van der Waals surface area contributed by atoms with Crippen LogP contribution < -0.4 is 10.9 Å². The maximum atomic E-state index is 12.6. The molecule has 0 saturated heterocycles. The van der Waals surface area contributed by atoms with Crippen molar-refractivity contribution in [1.82, 2.24) is 30.4 Å². The molecule has 0 aliphatic carbocycles. The van der Waals surface area contributed by atoms with Gasteiger partial charge in [0.05, 0.1) is 11.1 Å². The molecule has 2 heterocycles. The molecule has 0 bridgehead atoms. The van der Waals surface area contributed by atoms with E-state index in [1.807, 2.05) is 73.0 Å². The first kappa shape index (κ1) is 18.4. The van der Waals surface area contributed by atoms with E-state index in [1.165, 1.54) is 4.68 Å². The Labute approximate surface area is 167 Å². The number of aryl methyl sites for hydroxylation is 1. The van der Waals surface area contributed by atoms with E-state index in [0.717, 1.165) is 22.6 Å². The summed E-state index contributed by atoms with van der Waals surface area (Å²) >= 11 is 0. The first-order valence-electron chi connectivity index (χ1n) is 9.16. The minimum Gasteiger partial charge on any atom is -0.318 e. The monoisotopic (exact) mass is 388 g/mol. The highest BCUT2D eigenvalue weighted by atomic mass is 16.2. The molecule has 2 amide bonds. The van der Waals surface area contributed by atoms with Crippen molar-refractivity contribution in [1.29, 1.82) is 0 Å². The molecule has 0 aliphatic heterocycles. The van der Waals surface area contributed by atoms with Crippen molar-refractivity contribution in [2.75, 3.05) is 0 Å². The standard InChI is InChI=1S/C21H20N6O2/c1-14-12-17(15(2)27(14)16-8-4-3-5-9-16)21(29)24-23-20(28)13-26-19-11-7-6-10-18(19)22-25-26/h3-12H,13H2,1-2H3,(H,23,28)(H,24,29). The van der Waals surface area contributed by atoms with E-state index >= 15 is 0 Å². The second-order valence-corrected chi connectivity index (χ2v) is 6.69. The number of rotatable bonds is 4. The van der Waals surface area contributed by atoms with Crippen molar-refractivity contribution in [3.63, 3.8) is 0 Å². The second-order valence-electron chi connectivity index (χ2n) is 6.69. The number of hydrogen-bond donors (Lipinski definition) is 2. The van der Waals surface area contributed by atoms with E-state index in [9.17, 15) is 9.59 Å². The molecule has 2 N–H and O–H groups in total. The van der Waals surface area contributed by atoms with E-state index < -0.39 is 5.91 Å². The van der Waals surface area contributed by atoms with Gasteiger partial charge in [-0.2, -0.15) is 0 Å². The van der Waals surface area contributed by atoms with E-state index in [0.29, 0.717) is 11.1 Å². The normalized spacial score (nSPS) is 10.8. The second kappa shape index (κ2) is 7.59. The first-order valence-corrected chi connectivity index (χ1v) is 9.16. The van der Waals surface area contributed by atoms with Crippen LogP contribution in [0.15, 0.2) is 60.7 Å². The lowest BCUT2D eigenvalue weighted by atomic mass is 10.2. The van der Waals surface area contributed by atoms with Crippen LogP contribution in [-0.4, -0.2) is 31.4 Å². The van der Waals surface area contributed by atoms with Gasteiger partial charge in [0, 0.05) is 17.1 Å². The van der Waals surface area contributed by atoms with Gasteiger partial charge in [-0.25, -0.2) is 4.68 Å². The SMILES string of the molecule is Cc1cc(C(=O)NNC(=O)Cn2nnc3ccccc32)c(C)n1-c1ccccc1. The Kier molecular flexibility index (Phi) is 4.82. The van der Waals surface area contributed by atoms with Gasteiger partial charge < -0.3 is 4.57 Å². The third-order valence-electron chi connectivity index (χ3n) is 4.72. The molecule has 146 valence electrons. The highest BCUT2D eigenvalue weighted by molar-refractivity contribution is 5.97. The van der Waals surface area contributed by atoms with Gasteiger partial charge in [-0.1, -0.05) is 35.5 Å². The number of fused-ring (bicyclic) bond motifs is 1. The predicted molar refractivity (Wildman–Crippen MR) is 108 cm³/mol. The Bertz CT molecular complexity index is 1190. The number of amides is 2. The Morgan fingerprint density at radius 2 is 1.69 bits per heavy atom. The fourth-order valence-corrected chi connectivity index (χ4v) is 3.37. The Morgan fingerprint density at radius 1 is 0.966 bits per heavy atom. The predicted octanol–water partition coefficient (Wildman–Crippen LogP) is 2.30. The molecule has 29 heavy (non-hydrogen) atoms. The van der Waals surface area contributed by atoms with Crippen LogP contribution in [0.5, 0.6) is 0 Å². The maximum Gasteiger partial charge on any atom is 0.271 e. The molecular formula is C21H20N6O2. The summed E-state index contributed by atoms with van der Waals surface area (Å²) in [5.41, 5.74) is 9.58. The summed E-state index contributed by atoms with van der Waals surface area (Å²) in [5, 5.41) is 7.98. The summed E-state index contributed by atoms with van der Waals surface area (Å²) < 4.78 is 3.48. The zero-order valence-corrected chi connectivity index (χ0v) is 16.1. The molecule has 0 radical (unpaired) electrons. The van der Waals surface area contributed by atoms with Crippen LogP contribution in [0.4, 0.5) is 0 Å². The van der Waals surface area contributed by atoms with Crippen molar-refractivity contribution < 1.29 is 9.59 Å². The van der Waals surface area contributed by atoms with Crippen LogP contribution in [0.1, 0.15) is 21.7 Å². The fraction of sp³-hybridized carbons (Fsp3) is 0.143. The van der Waals surface area contributed by atoms with Crippen LogP contribution in [0.3, 0.4) is 0 Å². The smallest absolute Gasteiger partial charge is 0.271 e. The molecule has 4 aromatic rings. The third kappa shape index (κ3) is 3.60. The number of carbonyl (C=O) groups excluding carboxylic acids is 2. The van der Waals surface area contributed by atoms with Crippen molar-refractivity contribution in [2.24, 2.45) is 0 Å². The van der Waals surface area contributed by atoms with Gasteiger partial charge in [-0.3, -0.25) is 20.4 Å². The average Bonchev–Trinajstić information content (AvgIpc) is 3.27. The van der Waals surface area contributed by atoms with E-state index in [2.05, 4.69) is 21.2 Å². The Morgan fingerprint density at radius 3 is 2.48 bits per heavy atom. The van der Waals surface area contributed by atoms with E-state index in [-0.39, 0.29) is 12.5 Å². The molecule has 0 spiro atoms. The molecule has 4 rings (SSSR count). The van der Waals surface area contributed by atoms with Gasteiger partial charge in [0.1, 0.15) is 12.1 Å². The summed E-state index contributed by atoms with van der Waals surface area (Å²) in [4.78, 5) is 24.9. The van der Waals surface area contributed by atoms with Gasteiger partial charge >= 0.3 is 0 Å². The van der Waals surface area contributed by atoms with Crippen molar-refractivity contribution >= 4 is 22.8 Å². The number of nitrogens with one attached hydrogen (secondary N) is 2. The Balaban J connectivity index is 1.44. The molecule has 0 unspecified atom stereocenters. The number of aromatic nitrogens is 4. The van der Waals surface area contributed by atoms with Gasteiger partial charge in [-0.05, 0) is 44.2 Å². The number of benzene rings is 2. The number of hydrazine groups is 1. The molecule has 0 aliphatic rings. The van der Waals surface area contributed by atoms with Crippen LogP contribution in [0, 0.1) is 13.8 Å². The molecule has 0 fully saturated rings. The van der Waals surface area contributed by atoms with E-state index in [4.69, 9.17) is 0 Å². The molecule has 2 aromatic heterocycles. The maximum absolute atomic E-state index is 12.6. The molecule has 2 aromatic carbocycles. The van der Waals surface area contributed by atoms with Gasteiger partial charge in [0.2, 0.25) is 0 Å². The lowest BCUT2D eigenvalue weighted by Gasteiger charge is -2.10. The Hall–Kier alpha value is -3.94. The highest BCUT2D eigenvalue weighted by Gasteiger charge is 2.17. The summed E-state index contributed by atoms with van der Waals surface area (Å²) in [7, 11) is 0. The first-order chi connectivity index (χ1) is 14.0. The number of carbonyl (C=O) groups is 2. The summed E-state index contributed by atoms with van der Waals surface area (Å²) in [6.45, 7) is 3.76. The minimum atomic E-state index is -0.397. The van der Waals surface area contributed by atoms with Gasteiger partial charge in [0.15, 0.2) is 0 Å². The van der Waals surface area contributed by atoms with Crippen LogP contribution in [-0.2, 0) is 11.3 Å². The van der Waals surface area contributed by atoms with Crippen LogP contribution >= 0.6 is 0 Å². The largest absolute Gasteiger partial charge is 0.318 e. The summed E-state index contributed by atoms with van der Waals surface area (Å²) in [6.07, 6.45) is 0. The lowest BCUT2D eigenvalue weighted by Crippen LogP contribution is -2.43. The number of para-hydroxylation sites is 2. The van der Waals surface area contributed by atoms with Gasteiger partial charge in [0.25, 0.3) is 11.8 Å². The zero-order chi connectivity index (χ0) is 20.4. The molecule has 0 atom stereocenters. The minimum absolute atomic E-state index is 0.0518.